The lowest BCUT2D eigenvalue weighted by Crippen LogP contribution is -2.11. The molecule has 0 radical (unpaired) electrons. The van der Waals surface area contributed by atoms with Crippen molar-refractivity contribution in [1.29, 1.82) is 0 Å². The van der Waals surface area contributed by atoms with E-state index in [0.29, 0.717) is 17.9 Å². The van der Waals surface area contributed by atoms with E-state index in [1.807, 2.05) is 0 Å². The molecule has 1 aromatic rings. The Labute approximate surface area is 75.7 Å². The molecule has 0 fully saturated rings. The Morgan fingerprint density at radius 1 is 1.77 bits per heavy atom. The van der Waals surface area contributed by atoms with Crippen LogP contribution in [-0.2, 0) is 11.3 Å². The lowest BCUT2D eigenvalue weighted by atomic mass is 10.4. The van der Waals surface area contributed by atoms with Crippen LogP contribution in [-0.4, -0.2) is 29.4 Å². The first-order valence-corrected chi connectivity index (χ1v) is 3.84. The number of carbonyl (C=O) groups excluding carboxylic acids is 1. The molecule has 0 bridgehead atoms. The summed E-state index contributed by atoms with van der Waals surface area (Å²) in [6.07, 6.45) is 1.59. The van der Waals surface area contributed by atoms with Gasteiger partial charge in [-0.1, -0.05) is 0 Å². The number of anilines is 1. The number of carbonyl (C=O) groups is 1. The van der Waals surface area contributed by atoms with Crippen LogP contribution >= 0.6 is 0 Å². The average molecular weight is 184 g/mol. The van der Waals surface area contributed by atoms with Crippen LogP contribution in [0.2, 0.25) is 0 Å². The zero-order chi connectivity index (χ0) is 9.84. The highest BCUT2D eigenvalue weighted by atomic mass is 16.5. The molecule has 3 N–H and O–H groups in total. The summed E-state index contributed by atoms with van der Waals surface area (Å²) in [4.78, 5) is 11.1. The summed E-state index contributed by atoms with van der Waals surface area (Å²) < 4.78 is 6.10. The number of hydrogen-bond acceptors (Lipinski definition) is 4. The van der Waals surface area contributed by atoms with Gasteiger partial charge in [-0.15, -0.1) is 0 Å². The van der Waals surface area contributed by atoms with Crippen molar-refractivity contribution < 1.29 is 14.6 Å². The predicted molar refractivity (Wildman–Crippen MR) is 47.3 cm³/mol. The topological polar surface area (TPSA) is 77.5 Å². The molecule has 0 atom stereocenters. The molecule has 1 heterocycles. The molecule has 0 aromatic carbocycles. The van der Waals surface area contributed by atoms with Crippen molar-refractivity contribution in [2.45, 2.75) is 6.54 Å². The second-order valence-electron chi connectivity index (χ2n) is 2.57. The zero-order valence-corrected chi connectivity index (χ0v) is 7.36. The van der Waals surface area contributed by atoms with E-state index < -0.39 is 5.97 Å². The van der Waals surface area contributed by atoms with E-state index in [9.17, 15) is 4.79 Å². The summed E-state index contributed by atoms with van der Waals surface area (Å²) in [6, 6.07) is 1.52. The first kappa shape index (κ1) is 9.60. The number of rotatable bonds is 3. The van der Waals surface area contributed by atoms with Crippen LogP contribution in [0.3, 0.4) is 0 Å². The van der Waals surface area contributed by atoms with Crippen LogP contribution in [0.4, 0.5) is 5.69 Å². The highest BCUT2D eigenvalue weighted by molar-refractivity contribution is 5.88. The fourth-order valence-corrected chi connectivity index (χ4v) is 1.10. The molecule has 0 saturated carbocycles. The summed E-state index contributed by atoms with van der Waals surface area (Å²) >= 11 is 0. The largest absolute Gasteiger partial charge is 0.464 e. The van der Waals surface area contributed by atoms with Gasteiger partial charge in [0, 0.05) is 12.7 Å². The number of methoxy groups -OCH3 is 1. The van der Waals surface area contributed by atoms with Gasteiger partial charge in [-0.05, 0) is 6.07 Å². The molecule has 0 aliphatic rings. The third kappa shape index (κ3) is 2.00. The molecule has 72 valence electrons. The third-order valence-electron chi connectivity index (χ3n) is 1.65. The Morgan fingerprint density at radius 2 is 2.46 bits per heavy atom. The number of ether oxygens (including phenoxy) is 1. The standard InChI is InChI=1S/C8H12N2O3/c1-13-8(12)7-4-6(9)5-10(7)2-3-11/h4-5,11H,2-3,9H2,1H3. The van der Waals surface area contributed by atoms with E-state index in [0.717, 1.165) is 0 Å². The van der Waals surface area contributed by atoms with Gasteiger partial charge in [-0.2, -0.15) is 0 Å². The number of nitrogens with zero attached hydrogens (tertiary/aromatic N) is 1. The number of esters is 1. The molecule has 0 saturated heterocycles. The van der Waals surface area contributed by atoms with Gasteiger partial charge in [0.05, 0.1) is 19.4 Å². The van der Waals surface area contributed by atoms with Gasteiger partial charge in [0.15, 0.2) is 0 Å². The minimum atomic E-state index is -0.454. The number of nitrogens with two attached hydrogens (primary N) is 1. The number of aromatic nitrogens is 1. The summed E-state index contributed by atoms with van der Waals surface area (Å²) in [5, 5.41) is 8.69. The number of aliphatic hydroxyl groups excluding tert-OH is 1. The fourth-order valence-electron chi connectivity index (χ4n) is 1.10. The van der Waals surface area contributed by atoms with Gasteiger partial charge in [-0.3, -0.25) is 0 Å². The Morgan fingerprint density at radius 3 is 3.00 bits per heavy atom. The van der Waals surface area contributed by atoms with Crippen molar-refractivity contribution in [2.75, 3.05) is 19.5 Å². The van der Waals surface area contributed by atoms with Crippen LogP contribution in [0.25, 0.3) is 0 Å². The second-order valence-corrected chi connectivity index (χ2v) is 2.57. The number of aliphatic hydroxyl groups is 1. The smallest absolute Gasteiger partial charge is 0.354 e. The van der Waals surface area contributed by atoms with Crippen LogP contribution in [0.1, 0.15) is 10.5 Å². The van der Waals surface area contributed by atoms with E-state index in [4.69, 9.17) is 10.8 Å². The lowest BCUT2D eigenvalue weighted by molar-refractivity contribution is 0.0587. The SMILES string of the molecule is COC(=O)c1cc(N)cn1CCO. The van der Waals surface area contributed by atoms with Gasteiger partial charge in [-0.25, -0.2) is 4.79 Å². The minimum Gasteiger partial charge on any atom is -0.464 e. The predicted octanol–water partition coefficient (Wildman–Crippen LogP) is -0.151. The normalized spacial score (nSPS) is 10.0. The van der Waals surface area contributed by atoms with Crippen LogP contribution in [0.15, 0.2) is 12.3 Å². The van der Waals surface area contributed by atoms with Gasteiger partial charge in [0.25, 0.3) is 0 Å². The molecule has 0 spiro atoms. The van der Waals surface area contributed by atoms with Gasteiger partial charge >= 0.3 is 5.97 Å². The zero-order valence-electron chi connectivity index (χ0n) is 7.36. The molecule has 1 aromatic heterocycles. The van der Waals surface area contributed by atoms with Crippen LogP contribution < -0.4 is 5.73 Å². The van der Waals surface area contributed by atoms with Gasteiger partial charge in [0.2, 0.25) is 0 Å². The van der Waals surface area contributed by atoms with E-state index in [2.05, 4.69) is 4.74 Å². The van der Waals surface area contributed by atoms with Crippen molar-refractivity contribution in [1.82, 2.24) is 4.57 Å². The van der Waals surface area contributed by atoms with Crippen molar-refractivity contribution in [2.24, 2.45) is 0 Å². The third-order valence-corrected chi connectivity index (χ3v) is 1.65. The molecule has 1 rings (SSSR count). The molecule has 0 unspecified atom stereocenters. The highest BCUT2D eigenvalue weighted by Gasteiger charge is 2.12. The Balaban J connectivity index is 2.96. The van der Waals surface area contributed by atoms with E-state index >= 15 is 0 Å². The summed E-state index contributed by atoms with van der Waals surface area (Å²) in [7, 11) is 1.30. The maximum atomic E-state index is 11.1. The molecule has 0 aliphatic heterocycles. The Kier molecular flexibility index (Phi) is 2.92. The maximum Gasteiger partial charge on any atom is 0.354 e. The summed E-state index contributed by atoms with van der Waals surface area (Å²) in [5.41, 5.74) is 6.33. The van der Waals surface area contributed by atoms with E-state index in [-0.39, 0.29) is 6.61 Å². The van der Waals surface area contributed by atoms with Crippen molar-refractivity contribution in [3.8, 4) is 0 Å². The monoisotopic (exact) mass is 184 g/mol. The fraction of sp³-hybridized carbons (Fsp3) is 0.375. The molecular weight excluding hydrogens is 172 g/mol. The molecular formula is C8H12N2O3. The van der Waals surface area contributed by atoms with E-state index in [1.54, 1.807) is 10.8 Å². The average Bonchev–Trinajstić information content (AvgIpc) is 2.46. The molecule has 5 heteroatoms. The first-order valence-electron chi connectivity index (χ1n) is 3.84. The second kappa shape index (κ2) is 3.95. The van der Waals surface area contributed by atoms with Gasteiger partial charge < -0.3 is 20.1 Å². The highest BCUT2D eigenvalue weighted by Crippen LogP contribution is 2.11. The molecule has 13 heavy (non-hydrogen) atoms. The lowest BCUT2D eigenvalue weighted by Gasteiger charge is -2.04. The maximum absolute atomic E-state index is 11.1. The van der Waals surface area contributed by atoms with Crippen molar-refractivity contribution in [3.63, 3.8) is 0 Å². The van der Waals surface area contributed by atoms with Crippen LogP contribution in [0, 0.1) is 0 Å². The summed E-state index contributed by atoms with van der Waals surface area (Å²) in [5.74, 6) is -0.454. The summed E-state index contributed by atoms with van der Waals surface area (Å²) in [6.45, 7) is 0.291. The Hall–Kier alpha value is -1.49. The Bertz CT molecular complexity index is 306. The minimum absolute atomic E-state index is 0.0435. The van der Waals surface area contributed by atoms with Crippen LogP contribution in [0.5, 0.6) is 0 Å². The van der Waals surface area contributed by atoms with Crippen molar-refractivity contribution >= 4 is 11.7 Å². The quantitative estimate of drug-likeness (QED) is 0.640. The van der Waals surface area contributed by atoms with Crippen molar-refractivity contribution in [3.05, 3.63) is 18.0 Å². The number of nitrogen functional groups attached to an aromatic ring is 1. The molecule has 5 nitrogen and oxygen atoms in total. The van der Waals surface area contributed by atoms with Gasteiger partial charge in [0.1, 0.15) is 5.69 Å². The number of hydrogen-bond donors (Lipinski definition) is 2. The van der Waals surface area contributed by atoms with E-state index in [1.165, 1.54) is 13.2 Å². The molecule has 0 amide bonds. The first-order chi connectivity index (χ1) is 6.19. The molecule has 0 aliphatic carbocycles.